The van der Waals surface area contributed by atoms with Crippen molar-refractivity contribution in [2.24, 2.45) is 11.5 Å². The Balaban J connectivity index is 1.25. The minimum absolute atomic E-state index is 0.0933. The van der Waals surface area contributed by atoms with Crippen molar-refractivity contribution in [3.8, 4) is 0 Å². The van der Waals surface area contributed by atoms with Crippen LogP contribution in [-0.4, -0.2) is 56.0 Å². The second-order valence-electron chi connectivity index (χ2n) is 8.27. The normalized spacial score (nSPS) is 19.1. The van der Waals surface area contributed by atoms with Crippen molar-refractivity contribution in [3.05, 3.63) is 64.7 Å². The molecule has 2 aliphatic rings. The zero-order chi connectivity index (χ0) is 21.8. The molecule has 0 bridgehead atoms. The molecular weight excluding hydrogens is 392 g/mol. The number of fused-ring (bicyclic) bond motifs is 1. The molecule has 0 aromatic heterocycles. The average Bonchev–Trinajstić information content (AvgIpc) is 2.79. The quantitative estimate of drug-likeness (QED) is 0.712. The van der Waals surface area contributed by atoms with Crippen molar-refractivity contribution in [2.75, 3.05) is 44.2 Å². The number of benzene rings is 2. The van der Waals surface area contributed by atoms with Gasteiger partial charge in [-0.1, -0.05) is 6.07 Å². The van der Waals surface area contributed by atoms with Gasteiger partial charge < -0.3 is 21.1 Å². The van der Waals surface area contributed by atoms with E-state index in [0.29, 0.717) is 17.7 Å². The predicted molar refractivity (Wildman–Crippen MR) is 120 cm³/mol. The fourth-order valence-corrected chi connectivity index (χ4v) is 4.50. The number of ether oxygens (including phenoxy) is 1. The van der Waals surface area contributed by atoms with Gasteiger partial charge in [0.1, 0.15) is 0 Å². The molecule has 0 spiro atoms. The van der Waals surface area contributed by atoms with E-state index in [-0.39, 0.29) is 12.0 Å². The molecule has 0 aliphatic carbocycles. The minimum atomic E-state index is -0.394. The highest BCUT2D eigenvalue weighted by molar-refractivity contribution is 5.93. The monoisotopic (exact) mass is 422 g/mol. The zero-order valence-electron chi connectivity index (χ0n) is 17.8. The summed E-state index contributed by atoms with van der Waals surface area (Å²) in [5.74, 6) is -0.775. The van der Waals surface area contributed by atoms with Gasteiger partial charge in [-0.2, -0.15) is 0 Å². The van der Waals surface area contributed by atoms with Crippen molar-refractivity contribution < 1.29 is 14.3 Å². The average molecular weight is 423 g/mol. The first kappa shape index (κ1) is 21.3. The second kappa shape index (κ2) is 9.49. The fourth-order valence-electron chi connectivity index (χ4n) is 4.50. The molecule has 2 aromatic rings. The largest absolute Gasteiger partial charge is 0.373 e. The highest BCUT2D eigenvalue weighted by Crippen LogP contribution is 2.31. The molecule has 2 aromatic carbocycles. The first-order valence-electron chi connectivity index (χ1n) is 10.9. The van der Waals surface area contributed by atoms with Crippen LogP contribution in [0, 0.1) is 0 Å². The SMILES string of the molecule is NC(=O)c1ccc(N2CCN(CCC[C@@H]3OCCc4cc(C(N)=O)ccc43)CC2)cc1. The number of carbonyl (C=O) groups is 2. The number of piperazine rings is 1. The molecule has 2 aliphatic heterocycles. The minimum Gasteiger partial charge on any atom is -0.373 e. The first-order valence-corrected chi connectivity index (χ1v) is 10.9. The van der Waals surface area contributed by atoms with Gasteiger partial charge in [-0.15, -0.1) is 0 Å². The summed E-state index contributed by atoms with van der Waals surface area (Å²) >= 11 is 0. The highest BCUT2D eigenvalue weighted by Gasteiger charge is 2.23. The topological polar surface area (TPSA) is 102 Å². The molecule has 1 atom stereocenters. The first-order chi connectivity index (χ1) is 15.0. The Morgan fingerprint density at radius 3 is 2.29 bits per heavy atom. The van der Waals surface area contributed by atoms with E-state index in [1.165, 1.54) is 11.1 Å². The maximum Gasteiger partial charge on any atom is 0.248 e. The number of amides is 2. The standard InChI is InChI=1S/C24H30N4O3/c25-23(29)17-3-6-20(7-4-17)28-13-11-27(12-14-28)10-1-2-22-21-8-5-19(24(26)30)16-18(21)9-15-31-22/h3-8,16,22H,1-2,9-15H2,(H2,25,29)(H2,26,30)/t22-/m0/s1. The Bertz CT molecular complexity index is 936. The molecular formula is C24H30N4O3. The summed E-state index contributed by atoms with van der Waals surface area (Å²) in [7, 11) is 0. The van der Waals surface area contributed by atoms with Crippen LogP contribution >= 0.6 is 0 Å². The summed E-state index contributed by atoms with van der Waals surface area (Å²) in [4.78, 5) is 27.5. The third-order valence-corrected chi connectivity index (χ3v) is 6.29. The van der Waals surface area contributed by atoms with Crippen LogP contribution in [0.25, 0.3) is 0 Å². The van der Waals surface area contributed by atoms with Gasteiger partial charge in [-0.3, -0.25) is 14.5 Å². The molecule has 0 radical (unpaired) electrons. The second-order valence-corrected chi connectivity index (χ2v) is 8.27. The van der Waals surface area contributed by atoms with Crippen LogP contribution in [0.1, 0.15) is 50.8 Å². The molecule has 0 saturated carbocycles. The third kappa shape index (κ3) is 5.06. The Kier molecular flexibility index (Phi) is 6.53. The summed E-state index contributed by atoms with van der Waals surface area (Å²) in [5.41, 5.74) is 15.4. The smallest absolute Gasteiger partial charge is 0.248 e. The van der Waals surface area contributed by atoms with Crippen LogP contribution in [0.3, 0.4) is 0 Å². The van der Waals surface area contributed by atoms with E-state index in [1.54, 1.807) is 18.2 Å². The Hall–Kier alpha value is -2.90. The van der Waals surface area contributed by atoms with E-state index in [9.17, 15) is 9.59 Å². The summed E-state index contributed by atoms with van der Waals surface area (Å²) in [6, 6.07) is 13.2. The summed E-state index contributed by atoms with van der Waals surface area (Å²) in [6.07, 6.45) is 2.96. The number of primary amides is 2. The molecule has 4 N–H and O–H groups in total. The van der Waals surface area contributed by atoms with Crippen LogP contribution in [-0.2, 0) is 11.2 Å². The van der Waals surface area contributed by atoms with Crippen LogP contribution in [0.4, 0.5) is 5.69 Å². The Labute approximate surface area is 182 Å². The molecule has 7 heteroatoms. The fraction of sp³-hybridized carbons (Fsp3) is 0.417. The van der Waals surface area contributed by atoms with Crippen molar-refractivity contribution in [1.82, 2.24) is 4.90 Å². The lowest BCUT2D eigenvalue weighted by Gasteiger charge is -2.36. The molecule has 7 nitrogen and oxygen atoms in total. The van der Waals surface area contributed by atoms with Crippen LogP contribution in [0.2, 0.25) is 0 Å². The van der Waals surface area contributed by atoms with Gasteiger partial charge >= 0.3 is 0 Å². The predicted octanol–water partition coefficient (Wildman–Crippen LogP) is 2.10. The molecule has 1 fully saturated rings. The highest BCUT2D eigenvalue weighted by atomic mass is 16.5. The van der Waals surface area contributed by atoms with Gasteiger partial charge in [0, 0.05) is 43.0 Å². The van der Waals surface area contributed by atoms with E-state index in [4.69, 9.17) is 16.2 Å². The van der Waals surface area contributed by atoms with Gasteiger partial charge in [-0.05, 0) is 73.3 Å². The zero-order valence-corrected chi connectivity index (χ0v) is 17.8. The third-order valence-electron chi connectivity index (χ3n) is 6.29. The molecule has 164 valence electrons. The van der Waals surface area contributed by atoms with E-state index in [0.717, 1.165) is 57.7 Å². The van der Waals surface area contributed by atoms with Gasteiger partial charge in [0.25, 0.3) is 0 Å². The van der Waals surface area contributed by atoms with Crippen molar-refractivity contribution in [3.63, 3.8) is 0 Å². The van der Waals surface area contributed by atoms with Gasteiger partial charge in [0.05, 0.1) is 12.7 Å². The maximum atomic E-state index is 11.4. The summed E-state index contributed by atoms with van der Waals surface area (Å²) in [6.45, 7) is 5.70. The van der Waals surface area contributed by atoms with Crippen molar-refractivity contribution in [1.29, 1.82) is 0 Å². The molecule has 2 amide bonds. The van der Waals surface area contributed by atoms with Crippen molar-refractivity contribution in [2.45, 2.75) is 25.4 Å². The van der Waals surface area contributed by atoms with Crippen molar-refractivity contribution >= 4 is 17.5 Å². The lowest BCUT2D eigenvalue weighted by atomic mass is 9.93. The number of hydrogen-bond acceptors (Lipinski definition) is 5. The molecule has 31 heavy (non-hydrogen) atoms. The van der Waals surface area contributed by atoms with Crippen LogP contribution < -0.4 is 16.4 Å². The Morgan fingerprint density at radius 1 is 0.935 bits per heavy atom. The van der Waals surface area contributed by atoms with Gasteiger partial charge in [-0.25, -0.2) is 0 Å². The number of anilines is 1. The lowest BCUT2D eigenvalue weighted by molar-refractivity contribution is 0.0331. The van der Waals surface area contributed by atoms with E-state index in [2.05, 4.69) is 9.80 Å². The molecule has 2 heterocycles. The summed E-state index contributed by atoms with van der Waals surface area (Å²) in [5, 5.41) is 0. The van der Waals surface area contributed by atoms with E-state index >= 15 is 0 Å². The molecule has 0 unspecified atom stereocenters. The molecule has 4 rings (SSSR count). The number of nitrogens with two attached hydrogens (primary N) is 2. The van der Waals surface area contributed by atoms with Gasteiger partial charge in [0.15, 0.2) is 0 Å². The maximum absolute atomic E-state index is 11.4. The number of rotatable bonds is 7. The Morgan fingerprint density at radius 2 is 1.61 bits per heavy atom. The number of nitrogens with zero attached hydrogens (tertiary/aromatic N) is 2. The lowest BCUT2D eigenvalue weighted by Crippen LogP contribution is -2.46. The molecule has 1 saturated heterocycles. The van der Waals surface area contributed by atoms with Crippen LogP contribution in [0.15, 0.2) is 42.5 Å². The van der Waals surface area contributed by atoms with Crippen LogP contribution in [0.5, 0.6) is 0 Å². The number of carbonyl (C=O) groups excluding carboxylic acids is 2. The van der Waals surface area contributed by atoms with Gasteiger partial charge in [0.2, 0.25) is 11.8 Å². The number of hydrogen-bond donors (Lipinski definition) is 2. The summed E-state index contributed by atoms with van der Waals surface area (Å²) < 4.78 is 6.02. The van der Waals surface area contributed by atoms with E-state index in [1.807, 2.05) is 24.3 Å². The van der Waals surface area contributed by atoms with E-state index < -0.39 is 5.91 Å².